The smallest absolute Gasteiger partial charge is 0.240 e. The van der Waals surface area contributed by atoms with Gasteiger partial charge in [0.15, 0.2) is 0 Å². The summed E-state index contributed by atoms with van der Waals surface area (Å²) >= 11 is 3.48. The maximum absolute atomic E-state index is 12.3. The first-order chi connectivity index (χ1) is 9.01. The third-order valence-electron chi connectivity index (χ3n) is 3.88. The van der Waals surface area contributed by atoms with Crippen LogP contribution < -0.4 is 11.1 Å². The number of carbonyl (C=O) groups is 1. The zero-order valence-corrected chi connectivity index (χ0v) is 12.9. The molecule has 1 amide bonds. The highest BCUT2D eigenvalue weighted by molar-refractivity contribution is 9.10. The van der Waals surface area contributed by atoms with Gasteiger partial charge in [0.05, 0.1) is 5.54 Å². The quantitative estimate of drug-likeness (QED) is 0.898. The van der Waals surface area contributed by atoms with Crippen molar-refractivity contribution in [1.82, 2.24) is 5.32 Å². The maximum Gasteiger partial charge on any atom is 0.240 e. The van der Waals surface area contributed by atoms with Crippen molar-refractivity contribution in [2.24, 2.45) is 11.7 Å². The van der Waals surface area contributed by atoms with Crippen LogP contribution in [-0.4, -0.2) is 11.4 Å². The standard InChI is InChI=1S/C15H21BrN2O/c1-11-5-4-8-15(17,9-11)14(19)18-10-12-6-2-3-7-13(12)16/h2-3,6-7,11H,4-5,8-10,17H2,1H3,(H,18,19). The number of carbonyl (C=O) groups excluding carboxylic acids is 1. The maximum atomic E-state index is 12.3. The zero-order chi connectivity index (χ0) is 13.9. The Morgan fingerprint density at radius 1 is 1.53 bits per heavy atom. The molecule has 1 aliphatic carbocycles. The van der Waals surface area contributed by atoms with Gasteiger partial charge in [0, 0.05) is 11.0 Å². The minimum Gasteiger partial charge on any atom is -0.350 e. The highest BCUT2D eigenvalue weighted by atomic mass is 79.9. The van der Waals surface area contributed by atoms with Gasteiger partial charge in [-0.3, -0.25) is 4.79 Å². The van der Waals surface area contributed by atoms with Gasteiger partial charge in [-0.15, -0.1) is 0 Å². The first kappa shape index (κ1) is 14.5. The Bertz CT molecular complexity index is 463. The van der Waals surface area contributed by atoms with Gasteiger partial charge < -0.3 is 11.1 Å². The monoisotopic (exact) mass is 324 g/mol. The van der Waals surface area contributed by atoms with Crippen molar-refractivity contribution in [3.8, 4) is 0 Å². The molecule has 3 nitrogen and oxygen atoms in total. The predicted molar refractivity (Wildman–Crippen MR) is 80.5 cm³/mol. The third-order valence-corrected chi connectivity index (χ3v) is 4.66. The lowest BCUT2D eigenvalue weighted by molar-refractivity contribution is -0.128. The van der Waals surface area contributed by atoms with E-state index in [0.29, 0.717) is 12.5 Å². The summed E-state index contributed by atoms with van der Waals surface area (Å²) in [6, 6.07) is 7.90. The summed E-state index contributed by atoms with van der Waals surface area (Å²) in [4.78, 5) is 12.3. The molecule has 104 valence electrons. The van der Waals surface area contributed by atoms with Crippen LogP contribution in [0.4, 0.5) is 0 Å². The van der Waals surface area contributed by atoms with Gasteiger partial charge in [-0.2, -0.15) is 0 Å². The lowest BCUT2D eigenvalue weighted by Crippen LogP contribution is -2.56. The topological polar surface area (TPSA) is 55.1 Å². The Hall–Kier alpha value is -0.870. The summed E-state index contributed by atoms with van der Waals surface area (Å²) < 4.78 is 1.01. The van der Waals surface area contributed by atoms with Crippen LogP contribution in [0.15, 0.2) is 28.7 Å². The largest absolute Gasteiger partial charge is 0.350 e. The minimum atomic E-state index is -0.682. The van der Waals surface area contributed by atoms with Crippen LogP contribution in [0.3, 0.4) is 0 Å². The molecule has 0 bridgehead atoms. The fourth-order valence-corrected chi connectivity index (χ4v) is 3.22. The zero-order valence-electron chi connectivity index (χ0n) is 11.3. The van der Waals surface area contributed by atoms with E-state index < -0.39 is 5.54 Å². The SMILES string of the molecule is CC1CCCC(N)(C(=O)NCc2ccccc2Br)C1. The summed E-state index contributed by atoms with van der Waals surface area (Å²) in [5, 5.41) is 2.98. The number of amides is 1. The van der Waals surface area contributed by atoms with Crippen molar-refractivity contribution in [3.63, 3.8) is 0 Å². The van der Waals surface area contributed by atoms with Gasteiger partial charge in [0.1, 0.15) is 0 Å². The molecule has 1 aromatic rings. The molecule has 2 rings (SSSR count). The molecule has 1 saturated carbocycles. The molecule has 0 spiro atoms. The average Bonchev–Trinajstić information content (AvgIpc) is 2.37. The molecule has 0 saturated heterocycles. The fourth-order valence-electron chi connectivity index (χ4n) is 2.79. The van der Waals surface area contributed by atoms with Gasteiger partial charge in [0.25, 0.3) is 0 Å². The molecule has 0 radical (unpaired) electrons. The van der Waals surface area contributed by atoms with Crippen molar-refractivity contribution in [3.05, 3.63) is 34.3 Å². The predicted octanol–water partition coefficient (Wildman–Crippen LogP) is 2.97. The number of rotatable bonds is 3. The van der Waals surface area contributed by atoms with Crippen LogP contribution >= 0.6 is 15.9 Å². The van der Waals surface area contributed by atoms with Crippen molar-refractivity contribution < 1.29 is 4.79 Å². The van der Waals surface area contributed by atoms with Gasteiger partial charge in [-0.25, -0.2) is 0 Å². The minimum absolute atomic E-state index is 0.0187. The van der Waals surface area contributed by atoms with E-state index in [1.807, 2.05) is 24.3 Å². The number of nitrogens with two attached hydrogens (primary N) is 1. The van der Waals surface area contributed by atoms with E-state index in [9.17, 15) is 4.79 Å². The summed E-state index contributed by atoms with van der Waals surface area (Å²) in [6.45, 7) is 2.69. The molecular formula is C15H21BrN2O. The van der Waals surface area contributed by atoms with E-state index in [-0.39, 0.29) is 5.91 Å². The highest BCUT2D eigenvalue weighted by Gasteiger charge is 2.37. The van der Waals surface area contributed by atoms with E-state index in [0.717, 1.165) is 29.3 Å². The molecule has 4 heteroatoms. The Kier molecular flexibility index (Phi) is 4.63. The molecule has 19 heavy (non-hydrogen) atoms. The third kappa shape index (κ3) is 3.57. The van der Waals surface area contributed by atoms with E-state index in [2.05, 4.69) is 28.2 Å². The van der Waals surface area contributed by atoms with Crippen LogP contribution in [0.2, 0.25) is 0 Å². The normalized spacial score (nSPS) is 27.0. The molecule has 2 unspecified atom stereocenters. The first-order valence-electron chi connectivity index (χ1n) is 6.82. The Morgan fingerprint density at radius 3 is 2.95 bits per heavy atom. The lowest BCUT2D eigenvalue weighted by atomic mass is 9.76. The number of nitrogens with one attached hydrogen (secondary N) is 1. The van der Waals surface area contributed by atoms with Crippen LogP contribution in [0, 0.1) is 5.92 Å². The van der Waals surface area contributed by atoms with Crippen molar-refractivity contribution >= 4 is 21.8 Å². The van der Waals surface area contributed by atoms with Crippen molar-refractivity contribution in [2.75, 3.05) is 0 Å². The molecule has 1 aromatic carbocycles. The Morgan fingerprint density at radius 2 is 2.26 bits per heavy atom. The molecule has 0 aromatic heterocycles. The van der Waals surface area contributed by atoms with Crippen LogP contribution in [0.5, 0.6) is 0 Å². The van der Waals surface area contributed by atoms with Crippen LogP contribution in [0.25, 0.3) is 0 Å². The summed E-state index contributed by atoms with van der Waals surface area (Å²) in [5.74, 6) is 0.516. The summed E-state index contributed by atoms with van der Waals surface area (Å²) in [7, 11) is 0. The summed E-state index contributed by atoms with van der Waals surface area (Å²) in [6.07, 6.45) is 3.80. The number of hydrogen-bond donors (Lipinski definition) is 2. The van der Waals surface area contributed by atoms with Crippen molar-refractivity contribution in [1.29, 1.82) is 0 Å². The van der Waals surface area contributed by atoms with Crippen LogP contribution in [-0.2, 0) is 11.3 Å². The van der Waals surface area contributed by atoms with Gasteiger partial charge in [0.2, 0.25) is 5.91 Å². The van der Waals surface area contributed by atoms with E-state index >= 15 is 0 Å². The molecule has 0 aliphatic heterocycles. The average molecular weight is 325 g/mol. The Balaban J connectivity index is 1.96. The van der Waals surface area contributed by atoms with Gasteiger partial charge >= 0.3 is 0 Å². The number of hydrogen-bond acceptors (Lipinski definition) is 2. The molecule has 0 heterocycles. The van der Waals surface area contributed by atoms with E-state index in [1.54, 1.807) is 0 Å². The molecule has 3 N–H and O–H groups in total. The summed E-state index contributed by atoms with van der Waals surface area (Å²) in [5.41, 5.74) is 6.66. The second-order valence-corrected chi connectivity index (χ2v) is 6.49. The highest BCUT2D eigenvalue weighted by Crippen LogP contribution is 2.30. The number of halogens is 1. The van der Waals surface area contributed by atoms with E-state index in [1.165, 1.54) is 6.42 Å². The van der Waals surface area contributed by atoms with E-state index in [4.69, 9.17) is 5.73 Å². The fraction of sp³-hybridized carbons (Fsp3) is 0.533. The molecule has 1 fully saturated rings. The van der Waals surface area contributed by atoms with Crippen LogP contribution in [0.1, 0.15) is 38.2 Å². The van der Waals surface area contributed by atoms with Crippen molar-refractivity contribution in [2.45, 2.75) is 44.7 Å². The first-order valence-corrected chi connectivity index (χ1v) is 7.61. The lowest BCUT2D eigenvalue weighted by Gasteiger charge is -2.35. The molecular weight excluding hydrogens is 304 g/mol. The second-order valence-electron chi connectivity index (χ2n) is 5.63. The van der Waals surface area contributed by atoms with Gasteiger partial charge in [-0.05, 0) is 30.4 Å². The Labute approximate surface area is 123 Å². The second kappa shape index (κ2) is 6.06. The van der Waals surface area contributed by atoms with Gasteiger partial charge in [-0.1, -0.05) is 53.9 Å². The number of benzene rings is 1. The molecule has 2 atom stereocenters. The molecule has 1 aliphatic rings.